The molecule has 1 aliphatic carbocycles. The highest BCUT2D eigenvalue weighted by Gasteiger charge is 2.16. The highest BCUT2D eigenvalue weighted by atomic mass is 16.2. The van der Waals surface area contributed by atoms with Gasteiger partial charge in [0.2, 0.25) is 0 Å². The van der Waals surface area contributed by atoms with Crippen LogP contribution in [-0.4, -0.2) is 21.9 Å². The molecule has 1 aromatic carbocycles. The van der Waals surface area contributed by atoms with Gasteiger partial charge >= 0.3 is 5.69 Å². The predicted octanol–water partition coefficient (Wildman–Crippen LogP) is 1.92. The standard InChI is InChI=1S/C14H17N3O2/c18-13(15-10-4-2-1-3-5-10)9-6-7-11-12(8-9)17-14(19)16-11/h6-8,10H,1-5H2,(H,15,18)(H2,16,17,19). The molecule has 0 unspecified atom stereocenters. The molecule has 19 heavy (non-hydrogen) atoms. The van der Waals surface area contributed by atoms with Crippen LogP contribution in [0.3, 0.4) is 0 Å². The lowest BCUT2D eigenvalue weighted by Gasteiger charge is -2.22. The number of hydrogen-bond donors (Lipinski definition) is 3. The van der Waals surface area contributed by atoms with Crippen LogP contribution in [0, 0.1) is 0 Å². The molecule has 5 nitrogen and oxygen atoms in total. The fourth-order valence-electron chi connectivity index (χ4n) is 2.69. The number of imidazole rings is 1. The maximum absolute atomic E-state index is 12.2. The average Bonchev–Trinajstić information content (AvgIpc) is 2.78. The summed E-state index contributed by atoms with van der Waals surface area (Å²) in [5.74, 6) is -0.0594. The third-order valence-electron chi connectivity index (χ3n) is 3.72. The van der Waals surface area contributed by atoms with E-state index in [1.165, 1.54) is 19.3 Å². The molecule has 1 amide bonds. The van der Waals surface area contributed by atoms with Gasteiger partial charge in [0.1, 0.15) is 0 Å². The van der Waals surface area contributed by atoms with Gasteiger partial charge in [0.05, 0.1) is 11.0 Å². The highest BCUT2D eigenvalue weighted by molar-refractivity contribution is 5.97. The summed E-state index contributed by atoms with van der Waals surface area (Å²) in [4.78, 5) is 28.7. The summed E-state index contributed by atoms with van der Waals surface area (Å²) in [6.45, 7) is 0. The molecule has 0 saturated heterocycles. The Labute approximate surface area is 110 Å². The molecular weight excluding hydrogens is 242 g/mol. The molecule has 100 valence electrons. The van der Waals surface area contributed by atoms with Crippen molar-refractivity contribution >= 4 is 16.9 Å². The Bertz CT molecular complexity index is 650. The van der Waals surface area contributed by atoms with E-state index in [1.807, 2.05) is 0 Å². The quantitative estimate of drug-likeness (QED) is 0.770. The molecule has 5 heteroatoms. The first kappa shape index (κ1) is 12.0. The van der Waals surface area contributed by atoms with Gasteiger partial charge in [-0.15, -0.1) is 0 Å². The van der Waals surface area contributed by atoms with Crippen molar-refractivity contribution in [3.63, 3.8) is 0 Å². The highest BCUT2D eigenvalue weighted by Crippen LogP contribution is 2.18. The zero-order valence-corrected chi connectivity index (χ0v) is 10.7. The fraction of sp³-hybridized carbons (Fsp3) is 0.429. The third kappa shape index (κ3) is 2.54. The van der Waals surface area contributed by atoms with Crippen LogP contribution >= 0.6 is 0 Å². The summed E-state index contributed by atoms with van der Waals surface area (Å²) in [6.07, 6.45) is 5.77. The monoisotopic (exact) mass is 259 g/mol. The number of aromatic nitrogens is 2. The zero-order valence-electron chi connectivity index (χ0n) is 10.7. The summed E-state index contributed by atoms with van der Waals surface area (Å²) in [5, 5.41) is 3.07. The van der Waals surface area contributed by atoms with E-state index < -0.39 is 0 Å². The number of aromatic amines is 2. The number of nitrogens with one attached hydrogen (secondary N) is 3. The van der Waals surface area contributed by atoms with E-state index >= 15 is 0 Å². The lowest BCUT2D eigenvalue weighted by Crippen LogP contribution is -2.36. The number of fused-ring (bicyclic) bond motifs is 1. The van der Waals surface area contributed by atoms with Crippen molar-refractivity contribution in [3.8, 4) is 0 Å². The molecule has 0 radical (unpaired) electrons. The van der Waals surface area contributed by atoms with E-state index in [2.05, 4.69) is 15.3 Å². The molecule has 1 aliphatic rings. The SMILES string of the molecule is O=C(NC1CCCCC1)c1ccc2[nH]c(=O)[nH]c2c1. The first-order valence-electron chi connectivity index (χ1n) is 6.75. The van der Waals surface area contributed by atoms with Crippen molar-refractivity contribution < 1.29 is 4.79 Å². The molecule has 3 rings (SSSR count). The van der Waals surface area contributed by atoms with E-state index in [-0.39, 0.29) is 11.6 Å². The number of carbonyl (C=O) groups excluding carboxylic acids is 1. The molecule has 0 bridgehead atoms. The van der Waals surface area contributed by atoms with Crippen molar-refractivity contribution in [2.24, 2.45) is 0 Å². The van der Waals surface area contributed by atoms with Crippen molar-refractivity contribution in [3.05, 3.63) is 34.2 Å². The molecule has 2 aromatic rings. The van der Waals surface area contributed by atoms with E-state index in [0.29, 0.717) is 17.1 Å². The minimum Gasteiger partial charge on any atom is -0.349 e. The van der Waals surface area contributed by atoms with Gasteiger partial charge in [-0.25, -0.2) is 4.79 Å². The van der Waals surface area contributed by atoms with Gasteiger partial charge in [-0.2, -0.15) is 0 Å². The number of benzene rings is 1. The summed E-state index contributed by atoms with van der Waals surface area (Å²) < 4.78 is 0. The summed E-state index contributed by atoms with van der Waals surface area (Å²) >= 11 is 0. The molecule has 0 atom stereocenters. The first-order valence-corrected chi connectivity index (χ1v) is 6.75. The second kappa shape index (κ2) is 4.91. The number of hydrogen-bond acceptors (Lipinski definition) is 2. The van der Waals surface area contributed by atoms with Crippen LogP contribution in [0.15, 0.2) is 23.0 Å². The largest absolute Gasteiger partial charge is 0.349 e. The molecule has 1 heterocycles. The number of rotatable bonds is 2. The van der Waals surface area contributed by atoms with Gasteiger partial charge in [-0.05, 0) is 31.0 Å². The van der Waals surface area contributed by atoms with Crippen molar-refractivity contribution in [2.75, 3.05) is 0 Å². The molecule has 1 fully saturated rings. The van der Waals surface area contributed by atoms with Crippen LogP contribution in [0.2, 0.25) is 0 Å². The zero-order chi connectivity index (χ0) is 13.2. The lowest BCUT2D eigenvalue weighted by atomic mass is 9.95. The fourth-order valence-corrected chi connectivity index (χ4v) is 2.69. The van der Waals surface area contributed by atoms with Gasteiger partial charge in [0.15, 0.2) is 0 Å². The van der Waals surface area contributed by atoms with Crippen molar-refractivity contribution in [2.45, 2.75) is 38.1 Å². The number of carbonyl (C=O) groups is 1. The van der Waals surface area contributed by atoms with Crippen LogP contribution < -0.4 is 11.0 Å². The summed E-state index contributed by atoms with van der Waals surface area (Å²) in [6, 6.07) is 5.50. The molecule has 1 aromatic heterocycles. The van der Waals surface area contributed by atoms with Crippen LogP contribution in [0.4, 0.5) is 0 Å². The smallest absolute Gasteiger partial charge is 0.323 e. The van der Waals surface area contributed by atoms with Crippen LogP contribution in [0.1, 0.15) is 42.5 Å². The van der Waals surface area contributed by atoms with E-state index in [0.717, 1.165) is 18.4 Å². The average molecular weight is 259 g/mol. The minimum atomic E-state index is -0.250. The maximum Gasteiger partial charge on any atom is 0.323 e. The van der Waals surface area contributed by atoms with E-state index in [9.17, 15) is 9.59 Å². The van der Waals surface area contributed by atoms with Gasteiger partial charge in [-0.3, -0.25) is 4.79 Å². The molecule has 1 saturated carbocycles. The van der Waals surface area contributed by atoms with Gasteiger partial charge in [0.25, 0.3) is 5.91 Å². The van der Waals surface area contributed by atoms with Crippen molar-refractivity contribution in [1.29, 1.82) is 0 Å². The normalized spacial score (nSPS) is 16.6. The Morgan fingerprint density at radius 2 is 1.84 bits per heavy atom. The maximum atomic E-state index is 12.2. The molecular formula is C14H17N3O2. The van der Waals surface area contributed by atoms with Gasteiger partial charge < -0.3 is 15.3 Å². The number of amides is 1. The number of H-pyrrole nitrogens is 2. The Morgan fingerprint density at radius 1 is 1.11 bits per heavy atom. The first-order chi connectivity index (χ1) is 9.22. The molecule has 3 N–H and O–H groups in total. The Hall–Kier alpha value is -2.04. The second-order valence-corrected chi connectivity index (χ2v) is 5.15. The third-order valence-corrected chi connectivity index (χ3v) is 3.72. The molecule has 0 aliphatic heterocycles. The summed E-state index contributed by atoms with van der Waals surface area (Å²) in [5.41, 5.74) is 1.73. The Balaban J connectivity index is 1.78. The Kier molecular flexibility index (Phi) is 3.11. The van der Waals surface area contributed by atoms with Gasteiger partial charge in [0, 0.05) is 11.6 Å². The van der Waals surface area contributed by atoms with E-state index in [1.54, 1.807) is 18.2 Å². The van der Waals surface area contributed by atoms with Crippen LogP contribution in [0.5, 0.6) is 0 Å². The van der Waals surface area contributed by atoms with Crippen molar-refractivity contribution in [1.82, 2.24) is 15.3 Å². The lowest BCUT2D eigenvalue weighted by molar-refractivity contribution is 0.0928. The molecule has 0 spiro atoms. The van der Waals surface area contributed by atoms with Crippen LogP contribution in [0.25, 0.3) is 11.0 Å². The Morgan fingerprint density at radius 3 is 2.63 bits per heavy atom. The van der Waals surface area contributed by atoms with E-state index in [4.69, 9.17) is 0 Å². The predicted molar refractivity (Wildman–Crippen MR) is 73.3 cm³/mol. The summed E-state index contributed by atoms with van der Waals surface area (Å²) in [7, 11) is 0. The van der Waals surface area contributed by atoms with Crippen LogP contribution in [-0.2, 0) is 0 Å². The minimum absolute atomic E-state index is 0.0594. The topological polar surface area (TPSA) is 77.8 Å². The van der Waals surface area contributed by atoms with Gasteiger partial charge in [-0.1, -0.05) is 19.3 Å². The second-order valence-electron chi connectivity index (χ2n) is 5.15.